The molecular weight excluding hydrogens is 451 g/mol. The molecule has 5 nitrogen and oxygen atoms in total. The average molecular weight is 467 g/mol. The van der Waals surface area contributed by atoms with Gasteiger partial charge in [0.15, 0.2) is 9.84 Å². The first kappa shape index (κ1) is 21.4. The van der Waals surface area contributed by atoms with E-state index >= 15 is 0 Å². The number of thiophene rings is 1. The maximum absolute atomic E-state index is 12.4. The molecule has 4 aromatic rings. The van der Waals surface area contributed by atoms with Gasteiger partial charge in [-0.1, -0.05) is 12.1 Å². The first-order valence-corrected chi connectivity index (χ1v) is 11.8. The molecule has 0 radical (unpaired) electrons. The smallest absolute Gasteiger partial charge is 0.389 e. The third kappa shape index (κ3) is 4.17. The molecule has 4 rings (SSSR count). The molecule has 0 amide bonds. The van der Waals surface area contributed by atoms with Crippen molar-refractivity contribution < 1.29 is 26.7 Å². The monoisotopic (exact) mass is 467 g/mol. The first-order valence-electron chi connectivity index (χ1n) is 9.22. The number of aromatic nitrogens is 1. The van der Waals surface area contributed by atoms with Crippen LogP contribution < -0.4 is 5.56 Å². The summed E-state index contributed by atoms with van der Waals surface area (Å²) >= 11 is 1.27. The fraction of sp³-hybridized carbons (Fsp3) is 0.190. The lowest BCUT2D eigenvalue weighted by molar-refractivity contribution is -0.134. The molecule has 162 valence electrons. The van der Waals surface area contributed by atoms with Gasteiger partial charge in [0, 0.05) is 28.3 Å². The summed E-state index contributed by atoms with van der Waals surface area (Å²) in [6, 6.07) is 10.4. The van der Waals surface area contributed by atoms with Crippen LogP contribution >= 0.6 is 11.3 Å². The van der Waals surface area contributed by atoms with Gasteiger partial charge in [-0.05, 0) is 47.7 Å². The van der Waals surface area contributed by atoms with Gasteiger partial charge in [-0.15, -0.1) is 11.3 Å². The van der Waals surface area contributed by atoms with Crippen LogP contribution in [0.1, 0.15) is 12.8 Å². The minimum absolute atomic E-state index is 0.0483. The fourth-order valence-electron chi connectivity index (χ4n) is 3.54. The average Bonchev–Trinajstić information content (AvgIpc) is 3.18. The van der Waals surface area contributed by atoms with Crippen molar-refractivity contribution in [1.82, 2.24) is 4.98 Å². The summed E-state index contributed by atoms with van der Waals surface area (Å²) < 4.78 is 62.2. The van der Waals surface area contributed by atoms with Crippen molar-refractivity contribution in [3.63, 3.8) is 0 Å². The van der Waals surface area contributed by atoms with E-state index < -0.39 is 34.6 Å². The molecule has 0 saturated heterocycles. The summed E-state index contributed by atoms with van der Waals surface area (Å²) in [6.45, 7) is 0. The molecule has 0 saturated carbocycles. The summed E-state index contributed by atoms with van der Waals surface area (Å²) in [4.78, 5) is 14.9. The molecule has 0 fully saturated rings. The van der Waals surface area contributed by atoms with E-state index in [0.717, 1.165) is 0 Å². The normalized spacial score (nSPS) is 12.6. The van der Waals surface area contributed by atoms with Crippen molar-refractivity contribution in [3.8, 4) is 16.9 Å². The minimum Gasteiger partial charge on any atom is -0.507 e. The molecule has 0 unspecified atom stereocenters. The molecule has 0 aliphatic rings. The number of phenolic OH excluding ortho intramolecular Hbond substituents is 1. The fourth-order valence-corrected chi connectivity index (χ4v) is 5.64. The quantitative estimate of drug-likeness (QED) is 0.421. The van der Waals surface area contributed by atoms with Gasteiger partial charge < -0.3 is 10.1 Å². The zero-order valence-electron chi connectivity index (χ0n) is 15.9. The predicted octanol–water partition coefficient (Wildman–Crippen LogP) is 5.23. The Bertz CT molecular complexity index is 1440. The van der Waals surface area contributed by atoms with Crippen molar-refractivity contribution in [1.29, 1.82) is 0 Å². The lowest BCUT2D eigenvalue weighted by Gasteiger charge is -2.12. The van der Waals surface area contributed by atoms with Gasteiger partial charge in [0.25, 0.3) is 5.56 Å². The van der Waals surface area contributed by atoms with Crippen LogP contribution in [0.3, 0.4) is 0 Å². The van der Waals surface area contributed by atoms with Crippen LogP contribution in [0.15, 0.2) is 57.5 Å². The maximum atomic E-state index is 12.4. The predicted molar refractivity (Wildman–Crippen MR) is 114 cm³/mol. The number of halogens is 3. The number of benzene rings is 2. The highest BCUT2D eigenvalue weighted by molar-refractivity contribution is 7.91. The topological polar surface area (TPSA) is 87.2 Å². The summed E-state index contributed by atoms with van der Waals surface area (Å²) in [5, 5.41) is 13.6. The SMILES string of the molecule is O=c1[nH]c2ccc(O)c(-c3ccc(S(=O)(=O)CCCC(F)(F)F)cc3)c2c2ccsc12. The number of nitrogens with one attached hydrogen (secondary N) is 1. The minimum atomic E-state index is -4.40. The number of aromatic hydroxyl groups is 1. The van der Waals surface area contributed by atoms with E-state index in [1.54, 1.807) is 17.5 Å². The Morgan fingerprint density at radius 2 is 1.74 bits per heavy atom. The lowest BCUT2D eigenvalue weighted by atomic mass is 9.97. The third-order valence-electron chi connectivity index (χ3n) is 4.95. The molecule has 0 aliphatic carbocycles. The van der Waals surface area contributed by atoms with Gasteiger partial charge in [0.2, 0.25) is 0 Å². The molecule has 10 heteroatoms. The van der Waals surface area contributed by atoms with E-state index in [4.69, 9.17) is 0 Å². The van der Waals surface area contributed by atoms with E-state index in [1.807, 2.05) is 0 Å². The van der Waals surface area contributed by atoms with Gasteiger partial charge in [-0.3, -0.25) is 4.79 Å². The molecule has 2 heterocycles. The zero-order chi connectivity index (χ0) is 22.4. The second-order valence-electron chi connectivity index (χ2n) is 7.06. The maximum Gasteiger partial charge on any atom is 0.389 e. The molecule has 0 atom stereocenters. The number of sulfone groups is 1. The summed E-state index contributed by atoms with van der Waals surface area (Å²) in [6.07, 6.45) is -6.08. The number of fused-ring (bicyclic) bond motifs is 3. The van der Waals surface area contributed by atoms with Crippen LogP contribution in [-0.4, -0.2) is 30.4 Å². The van der Waals surface area contributed by atoms with Crippen molar-refractivity contribution in [2.45, 2.75) is 23.9 Å². The molecule has 2 aromatic heterocycles. The van der Waals surface area contributed by atoms with Crippen molar-refractivity contribution in [2.24, 2.45) is 0 Å². The highest BCUT2D eigenvalue weighted by Crippen LogP contribution is 2.39. The zero-order valence-corrected chi connectivity index (χ0v) is 17.5. The summed E-state index contributed by atoms with van der Waals surface area (Å²) in [7, 11) is -3.87. The standard InChI is InChI=1S/C21H16F3NO4S2/c22-21(23,24)9-1-11-31(28,29)13-4-2-12(3-5-13)17-16(26)7-6-15-18(17)14-8-10-30-19(14)20(27)25-15/h2-8,10,26H,1,9,11H2,(H,25,27). The Hall–Kier alpha value is -2.85. The number of alkyl halides is 3. The first-order chi connectivity index (χ1) is 14.6. The highest BCUT2D eigenvalue weighted by Gasteiger charge is 2.28. The largest absolute Gasteiger partial charge is 0.507 e. The van der Waals surface area contributed by atoms with Crippen molar-refractivity contribution in [3.05, 3.63) is 58.2 Å². The van der Waals surface area contributed by atoms with E-state index in [-0.39, 0.29) is 16.2 Å². The molecule has 0 aliphatic heterocycles. The van der Waals surface area contributed by atoms with Crippen LogP contribution in [0.5, 0.6) is 5.75 Å². The van der Waals surface area contributed by atoms with Crippen LogP contribution in [0.2, 0.25) is 0 Å². The molecule has 2 aromatic carbocycles. The Balaban J connectivity index is 1.76. The summed E-state index contributed by atoms with van der Waals surface area (Å²) in [5.41, 5.74) is 1.22. The number of aromatic amines is 1. The number of hydrogen-bond acceptors (Lipinski definition) is 5. The molecule has 31 heavy (non-hydrogen) atoms. The Morgan fingerprint density at radius 3 is 2.42 bits per heavy atom. The van der Waals surface area contributed by atoms with Gasteiger partial charge in [-0.2, -0.15) is 13.2 Å². The number of rotatable bonds is 5. The Morgan fingerprint density at radius 1 is 1.03 bits per heavy atom. The molecular formula is C21H16F3NO4S2. The van der Waals surface area contributed by atoms with Gasteiger partial charge >= 0.3 is 6.18 Å². The van der Waals surface area contributed by atoms with E-state index in [2.05, 4.69) is 4.98 Å². The van der Waals surface area contributed by atoms with Crippen LogP contribution in [-0.2, 0) is 9.84 Å². The highest BCUT2D eigenvalue weighted by atomic mass is 32.2. The number of hydrogen-bond donors (Lipinski definition) is 2. The van der Waals surface area contributed by atoms with Gasteiger partial charge in [-0.25, -0.2) is 8.42 Å². The molecule has 2 N–H and O–H groups in total. The van der Waals surface area contributed by atoms with Crippen molar-refractivity contribution in [2.75, 3.05) is 5.75 Å². The van der Waals surface area contributed by atoms with E-state index in [9.17, 15) is 31.5 Å². The van der Waals surface area contributed by atoms with E-state index in [0.29, 0.717) is 32.1 Å². The number of phenols is 1. The van der Waals surface area contributed by atoms with Crippen LogP contribution in [0, 0.1) is 0 Å². The van der Waals surface area contributed by atoms with E-state index in [1.165, 1.54) is 41.7 Å². The Labute approximate surface area is 178 Å². The molecule has 0 bridgehead atoms. The van der Waals surface area contributed by atoms with Crippen LogP contribution in [0.4, 0.5) is 13.2 Å². The Kier molecular flexibility index (Phi) is 5.30. The second kappa shape index (κ2) is 7.69. The lowest BCUT2D eigenvalue weighted by Crippen LogP contribution is -2.12. The molecule has 0 spiro atoms. The second-order valence-corrected chi connectivity index (χ2v) is 10.1. The summed E-state index contributed by atoms with van der Waals surface area (Å²) in [5.74, 6) is -0.657. The number of H-pyrrole nitrogens is 1. The van der Waals surface area contributed by atoms with Gasteiger partial charge in [0.1, 0.15) is 10.4 Å². The van der Waals surface area contributed by atoms with Crippen molar-refractivity contribution >= 4 is 42.2 Å². The van der Waals surface area contributed by atoms with Crippen LogP contribution in [0.25, 0.3) is 32.1 Å². The van der Waals surface area contributed by atoms with Gasteiger partial charge in [0.05, 0.1) is 10.6 Å². The number of pyridine rings is 1. The third-order valence-corrected chi connectivity index (χ3v) is 7.68.